The lowest BCUT2D eigenvalue weighted by Gasteiger charge is -2.35. The molecule has 3 heterocycles. The topological polar surface area (TPSA) is 98.7 Å². The van der Waals surface area contributed by atoms with E-state index in [1.54, 1.807) is 22.7 Å². The van der Waals surface area contributed by atoms with Crippen LogP contribution in [0.5, 0.6) is 0 Å². The molecule has 2 bridgehead atoms. The van der Waals surface area contributed by atoms with Gasteiger partial charge >= 0.3 is 0 Å². The molecule has 3 aliphatic rings. The molecule has 3 unspecified atom stereocenters. The highest BCUT2D eigenvalue weighted by atomic mass is 79.9. The molecule has 0 aliphatic carbocycles. The zero-order chi connectivity index (χ0) is 25.3. The molecule has 0 aromatic heterocycles. The molecule has 1 aromatic rings. The number of rotatable bonds is 10. The molecule has 3 saturated heterocycles. The van der Waals surface area contributed by atoms with Gasteiger partial charge in [-0.05, 0) is 50.7 Å². The van der Waals surface area contributed by atoms with E-state index in [0.29, 0.717) is 43.1 Å². The number of fused-ring (bicyclic) bond motifs is 1. The van der Waals surface area contributed by atoms with Gasteiger partial charge in [0.15, 0.2) is 0 Å². The average Bonchev–Trinajstić information content (AvgIpc) is 3.41. The van der Waals surface area contributed by atoms with Crippen LogP contribution in [0.1, 0.15) is 44.6 Å². The average molecular weight is 587 g/mol. The van der Waals surface area contributed by atoms with Crippen LogP contribution in [0.2, 0.25) is 5.02 Å². The van der Waals surface area contributed by atoms with Crippen molar-refractivity contribution in [2.75, 3.05) is 25.0 Å². The van der Waals surface area contributed by atoms with Crippen molar-refractivity contribution < 1.29 is 19.5 Å². The van der Waals surface area contributed by atoms with E-state index in [0.717, 1.165) is 18.4 Å². The number of alkyl halides is 1. The van der Waals surface area contributed by atoms with E-state index in [2.05, 4.69) is 26.6 Å². The van der Waals surface area contributed by atoms with E-state index in [-0.39, 0.29) is 34.4 Å². The van der Waals surface area contributed by atoms with Crippen LogP contribution in [0.25, 0.3) is 0 Å². The molecule has 3 aliphatic heterocycles. The van der Waals surface area contributed by atoms with Crippen molar-refractivity contribution in [2.45, 2.75) is 66.8 Å². The fourth-order valence-electron chi connectivity index (χ4n) is 5.89. The number of aliphatic hydroxyl groups excluding tert-OH is 1. The highest BCUT2D eigenvalue weighted by Crippen LogP contribution is 2.67. The van der Waals surface area contributed by atoms with Gasteiger partial charge in [0.05, 0.1) is 27.3 Å². The summed E-state index contributed by atoms with van der Waals surface area (Å²) in [6.07, 6.45) is 3.55. The van der Waals surface area contributed by atoms with Crippen molar-refractivity contribution >= 4 is 62.7 Å². The molecule has 3 N–H and O–H groups in total. The molecule has 3 amide bonds. The molecule has 6 atom stereocenters. The van der Waals surface area contributed by atoms with Crippen LogP contribution in [0.3, 0.4) is 0 Å². The second-order valence-corrected chi connectivity index (χ2v) is 12.8. The minimum atomic E-state index is -0.705. The van der Waals surface area contributed by atoms with Crippen molar-refractivity contribution in [3.8, 4) is 0 Å². The second-order valence-electron chi connectivity index (χ2n) is 9.69. The van der Waals surface area contributed by atoms with Crippen LogP contribution < -0.4 is 10.6 Å². The van der Waals surface area contributed by atoms with E-state index in [1.165, 1.54) is 0 Å². The maximum Gasteiger partial charge on any atom is 0.248 e. The number of thioether (sulfide) groups is 1. The fourth-order valence-corrected chi connectivity index (χ4v) is 9.77. The van der Waals surface area contributed by atoms with Crippen molar-refractivity contribution in [1.82, 2.24) is 10.2 Å². The number of amides is 3. The van der Waals surface area contributed by atoms with Crippen LogP contribution in [0, 0.1) is 18.8 Å². The highest BCUT2D eigenvalue weighted by molar-refractivity contribution is 9.09. The Bertz CT molecular complexity index is 977. The number of unbranched alkanes of at least 4 members (excludes halogenated alkanes) is 2. The molecule has 0 saturated carbocycles. The molecule has 0 radical (unpaired) electrons. The van der Waals surface area contributed by atoms with Gasteiger partial charge in [0.25, 0.3) is 0 Å². The van der Waals surface area contributed by atoms with E-state index in [1.807, 2.05) is 26.0 Å². The lowest BCUT2D eigenvalue weighted by atomic mass is 9.70. The molecule has 35 heavy (non-hydrogen) atoms. The van der Waals surface area contributed by atoms with E-state index < -0.39 is 22.6 Å². The number of halogens is 2. The smallest absolute Gasteiger partial charge is 0.248 e. The SMILES string of the molecule is CCCNC(=O)[C@H]1[C@H]2C(=O)N(CCCCCO)C(C(=O)Nc3c(C)cccc3Cl)C23CC(Br)[C@@H]1S3. The summed E-state index contributed by atoms with van der Waals surface area (Å²) < 4.78 is -0.680. The van der Waals surface area contributed by atoms with Gasteiger partial charge in [-0.3, -0.25) is 14.4 Å². The monoisotopic (exact) mass is 585 g/mol. The van der Waals surface area contributed by atoms with Crippen LogP contribution in [0.15, 0.2) is 18.2 Å². The van der Waals surface area contributed by atoms with E-state index >= 15 is 0 Å². The Labute approximate surface area is 224 Å². The summed E-state index contributed by atoms with van der Waals surface area (Å²) in [6, 6.07) is 4.74. The number of carbonyl (C=O) groups is 3. The van der Waals surface area contributed by atoms with Gasteiger partial charge in [0, 0.05) is 29.8 Å². The fraction of sp³-hybridized carbons (Fsp3) is 0.640. The third-order valence-corrected chi connectivity index (χ3v) is 11.0. The first-order valence-corrected chi connectivity index (χ1v) is 14.5. The molecule has 1 spiro atoms. The summed E-state index contributed by atoms with van der Waals surface area (Å²) in [7, 11) is 0. The maximum absolute atomic E-state index is 13.9. The molecular weight excluding hydrogens is 554 g/mol. The number of carbonyl (C=O) groups excluding carboxylic acids is 3. The molecule has 10 heteroatoms. The zero-order valence-electron chi connectivity index (χ0n) is 20.1. The van der Waals surface area contributed by atoms with Gasteiger partial charge in [-0.15, -0.1) is 11.8 Å². The summed E-state index contributed by atoms with van der Waals surface area (Å²) in [5.74, 6) is -1.49. The summed E-state index contributed by atoms with van der Waals surface area (Å²) in [4.78, 5) is 42.8. The highest BCUT2D eigenvalue weighted by Gasteiger charge is 2.75. The largest absolute Gasteiger partial charge is 0.396 e. The first-order chi connectivity index (χ1) is 16.8. The lowest BCUT2D eigenvalue weighted by molar-refractivity contribution is -0.139. The number of anilines is 1. The van der Waals surface area contributed by atoms with Crippen molar-refractivity contribution in [2.24, 2.45) is 11.8 Å². The first-order valence-electron chi connectivity index (χ1n) is 12.3. The molecule has 1 aromatic carbocycles. The predicted octanol–water partition coefficient (Wildman–Crippen LogP) is 3.74. The number of nitrogens with one attached hydrogen (secondary N) is 2. The molecule has 7 nitrogen and oxygen atoms in total. The van der Waals surface area contributed by atoms with Crippen molar-refractivity contribution in [1.29, 1.82) is 0 Å². The van der Waals surface area contributed by atoms with Gasteiger partial charge in [-0.1, -0.05) is 46.6 Å². The lowest BCUT2D eigenvalue weighted by Crippen LogP contribution is -2.53. The van der Waals surface area contributed by atoms with Crippen LogP contribution in [0.4, 0.5) is 5.69 Å². The Kier molecular flexibility index (Phi) is 8.40. The Morgan fingerprint density at radius 3 is 2.74 bits per heavy atom. The summed E-state index contributed by atoms with van der Waals surface area (Å²) in [5, 5.41) is 15.6. The van der Waals surface area contributed by atoms with Gasteiger partial charge < -0.3 is 20.6 Å². The van der Waals surface area contributed by atoms with Gasteiger partial charge in [0.2, 0.25) is 17.7 Å². The number of aryl methyl sites for hydroxylation is 1. The van der Waals surface area contributed by atoms with E-state index in [9.17, 15) is 14.4 Å². The quantitative estimate of drug-likeness (QED) is 0.287. The van der Waals surface area contributed by atoms with Crippen LogP contribution in [-0.2, 0) is 14.4 Å². The summed E-state index contributed by atoms with van der Waals surface area (Å²) in [5.41, 5.74) is 1.40. The van der Waals surface area contributed by atoms with Crippen molar-refractivity contribution in [3.63, 3.8) is 0 Å². The number of hydrogen-bond donors (Lipinski definition) is 3. The Balaban J connectivity index is 1.68. The normalized spacial score (nSPS) is 31.1. The Morgan fingerprint density at radius 1 is 1.29 bits per heavy atom. The second kappa shape index (κ2) is 11.0. The summed E-state index contributed by atoms with van der Waals surface area (Å²) in [6.45, 7) is 4.95. The van der Waals surface area contributed by atoms with Gasteiger partial charge in [-0.2, -0.15) is 0 Å². The molecular formula is C25H33BrClN3O4S. The molecule has 3 fully saturated rings. The minimum absolute atomic E-state index is 0.0422. The summed E-state index contributed by atoms with van der Waals surface area (Å²) >= 11 is 11.8. The van der Waals surface area contributed by atoms with Crippen LogP contribution >= 0.6 is 39.3 Å². The number of nitrogens with zero attached hydrogens (tertiary/aromatic N) is 1. The molecule has 4 rings (SSSR count). The van der Waals surface area contributed by atoms with Crippen LogP contribution in [-0.4, -0.2) is 68.3 Å². The van der Waals surface area contributed by atoms with Gasteiger partial charge in [-0.25, -0.2) is 0 Å². The van der Waals surface area contributed by atoms with Crippen molar-refractivity contribution in [3.05, 3.63) is 28.8 Å². The Morgan fingerprint density at radius 2 is 2.06 bits per heavy atom. The minimum Gasteiger partial charge on any atom is -0.396 e. The predicted molar refractivity (Wildman–Crippen MR) is 143 cm³/mol. The number of benzene rings is 1. The van der Waals surface area contributed by atoms with E-state index in [4.69, 9.17) is 16.7 Å². The number of hydrogen-bond acceptors (Lipinski definition) is 5. The maximum atomic E-state index is 13.9. The van der Waals surface area contributed by atoms with Gasteiger partial charge in [0.1, 0.15) is 6.04 Å². The number of aliphatic hydroxyl groups is 1. The Hall–Kier alpha value is -1.29. The number of likely N-dealkylation sites (tertiary alicyclic amines) is 1. The third-order valence-electron chi connectivity index (χ3n) is 7.42. The standard InChI is InChI=1S/C25H33BrClN3O4S/c1-3-10-28-22(32)17-18-24(34)30(11-5-4-6-12-31)21(25(18)13-15(26)20(17)35-25)23(33)29-19-14(2)8-7-9-16(19)27/h7-9,15,17-18,20-21,31H,3-6,10-13H2,1-2H3,(H,28,32)(H,29,33)/t15?,17-,18-,20-,21?,25?/m0/s1. The molecule has 192 valence electrons. The third kappa shape index (κ3) is 4.74. The first kappa shape index (κ1) is 26.8. The zero-order valence-corrected chi connectivity index (χ0v) is 23.2. The number of para-hydroxylation sites is 1.